The molecule has 0 aromatic rings. The minimum absolute atomic E-state index is 0. The average molecular weight is 108 g/mol. The van der Waals surface area contributed by atoms with Crippen LogP contribution in [-0.2, 0) is 3.80 Å². The fraction of sp³-hybridized carbons (Fsp3) is 0. The molecule has 0 bridgehead atoms. The van der Waals surface area contributed by atoms with Gasteiger partial charge in [0, 0.05) is 0 Å². The molecule has 0 fully saturated rings. The van der Waals surface area contributed by atoms with Gasteiger partial charge >= 0.3 is 101 Å². The van der Waals surface area contributed by atoms with E-state index in [2.05, 4.69) is 0 Å². The molecular weight excluding hydrogens is 105 g/mol. The Morgan fingerprint density at radius 3 is 1.25 bits per heavy atom. The first-order valence-electron chi connectivity index (χ1n) is 0.289. The van der Waals surface area contributed by atoms with E-state index in [4.69, 9.17) is 3.80 Å². The van der Waals surface area contributed by atoms with Crippen molar-refractivity contribution in [2.75, 3.05) is 0 Å². The quantitative estimate of drug-likeness (QED) is 0.326. The molecular formula is H3AlKNaO. The molecule has 0 saturated carbocycles. The summed E-state index contributed by atoms with van der Waals surface area (Å²) >= 11 is 0.611. The zero-order chi connectivity index (χ0) is 2.00. The Morgan fingerprint density at radius 2 is 1.25 bits per heavy atom. The Morgan fingerprint density at radius 1 is 1.25 bits per heavy atom. The monoisotopic (exact) mass is 108 g/mol. The van der Waals surface area contributed by atoms with Gasteiger partial charge in [0.05, 0.1) is 0 Å². The molecule has 0 rings (SSSR count). The van der Waals surface area contributed by atoms with Crippen LogP contribution in [-0.4, -0.2) is 97.2 Å². The number of hydrogen-bond donors (Lipinski definition) is 0. The van der Waals surface area contributed by atoms with Crippen LogP contribution in [0.5, 0.6) is 0 Å². The Bertz CT molecular complexity index is 8.00. The van der Waals surface area contributed by atoms with Crippen molar-refractivity contribution in [3.8, 4) is 0 Å². The van der Waals surface area contributed by atoms with Crippen LogP contribution in [0.25, 0.3) is 0 Å². The molecule has 14 valence electrons. The standard InChI is InChI=1S/Al.K.Na.O.3H. The Balaban J connectivity index is -0.00000000500. The van der Waals surface area contributed by atoms with Gasteiger partial charge in [0.1, 0.15) is 0 Å². The molecule has 0 heterocycles. The van der Waals surface area contributed by atoms with Crippen molar-refractivity contribution < 1.29 is 3.80 Å². The van der Waals surface area contributed by atoms with Crippen molar-refractivity contribution in [2.24, 2.45) is 0 Å². The summed E-state index contributed by atoms with van der Waals surface area (Å²) in [6.45, 7) is 0. The van der Waals surface area contributed by atoms with Gasteiger partial charge in [-0.05, 0) is 0 Å². The Labute approximate surface area is 98.2 Å². The van der Waals surface area contributed by atoms with E-state index < -0.39 is 0 Å². The number of rotatable bonds is 0. The number of hydrogen-bond acceptors (Lipinski definition) is 1. The second-order valence-corrected chi connectivity index (χ2v) is 0. The summed E-state index contributed by atoms with van der Waals surface area (Å²) in [5.41, 5.74) is 0. The van der Waals surface area contributed by atoms with E-state index in [0.29, 0.717) is 16.2 Å². The molecule has 4 heavy (non-hydrogen) atoms. The predicted octanol–water partition coefficient (Wildman–Crippen LogP) is -2.06. The van der Waals surface area contributed by atoms with Crippen LogP contribution in [0, 0.1) is 0 Å². The van der Waals surface area contributed by atoms with Gasteiger partial charge < -0.3 is 0 Å². The zero-order valence-corrected chi connectivity index (χ0v) is 2.53. The predicted molar refractivity (Wildman–Crippen MR) is 22.1 cm³/mol. The van der Waals surface area contributed by atoms with Gasteiger partial charge in [0.2, 0.25) is 0 Å². The van der Waals surface area contributed by atoms with E-state index >= 15 is 0 Å². The molecule has 1 nitrogen and oxygen atoms in total. The zero-order valence-electron chi connectivity index (χ0n) is 1.12. The summed E-state index contributed by atoms with van der Waals surface area (Å²) in [6.07, 6.45) is 0. The SMILES string of the molecule is [KH].[NaH].[O]=[AlH]. The average Bonchev–Trinajstić information content (AvgIpc) is 1.00. The summed E-state index contributed by atoms with van der Waals surface area (Å²) in [5, 5.41) is 0. The van der Waals surface area contributed by atoms with Crippen molar-refractivity contribution in [1.29, 1.82) is 0 Å². The van der Waals surface area contributed by atoms with Crippen LogP contribution in [0.2, 0.25) is 0 Å². The van der Waals surface area contributed by atoms with Gasteiger partial charge in [-0.25, -0.2) is 0 Å². The summed E-state index contributed by atoms with van der Waals surface area (Å²) in [6, 6.07) is 0. The van der Waals surface area contributed by atoms with E-state index in [-0.39, 0.29) is 80.9 Å². The van der Waals surface area contributed by atoms with Gasteiger partial charge in [-0.15, -0.1) is 0 Å². The molecule has 0 unspecified atom stereocenters. The third-order valence-electron chi connectivity index (χ3n) is 0. The van der Waals surface area contributed by atoms with Crippen LogP contribution >= 0.6 is 0 Å². The van der Waals surface area contributed by atoms with Crippen molar-refractivity contribution >= 4 is 97.2 Å². The maximum atomic E-state index is 8.28. The third kappa shape index (κ3) is 8.88. The van der Waals surface area contributed by atoms with Crippen LogP contribution in [0.15, 0.2) is 0 Å². The first-order valence-corrected chi connectivity index (χ1v) is 0.866. The first kappa shape index (κ1) is 15.8. The van der Waals surface area contributed by atoms with Gasteiger partial charge in [-0.2, -0.15) is 0 Å². The minimum atomic E-state index is 0. The fourth-order valence-corrected chi connectivity index (χ4v) is 0. The van der Waals surface area contributed by atoms with Crippen molar-refractivity contribution in [2.45, 2.75) is 0 Å². The Kier molecular flexibility index (Phi) is 65.9. The van der Waals surface area contributed by atoms with Crippen molar-refractivity contribution in [1.82, 2.24) is 0 Å². The molecule has 0 spiro atoms. The van der Waals surface area contributed by atoms with Crippen LogP contribution in [0.1, 0.15) is 0 Å². The van der Waals surface area contributed by atoms with E-state index in [1.165, 1.54) is 0 Å². The van der Waals surface area contributed by atoms with Gasteiger partial charge in [0.25, 0.3) is 0 Å². The first-order chi connectivity index (χ1) is 1.00. The van der Waals surface area contributed by atoms with Gasteiger partial charge in [0.15, 0.2) is 0 Å². The molecule has 0 N–H and O–H groups in total. The molecule has 0 aliphatic rings. The van der Waals surface area contributed by atoms with Gasteiger partial charge in [-0.1, -0.05) is 0 Å². The van der Waals surface area contributed by atoms with Crippen molar-refractivity contribution in [3.63, 3.8) is 0 Å². The second-order valence-electron chi connectivity index (χ2n) is 0. The third-order valence-corrected chi connectivity index (χ3v) is 0. The molecule has 4 heteroatoms. The van der Waals surface area contributed by atoms with E-state index in [1.54, 1.807) is 0 Å². The van der Waals surface area contributed by atoms with E-state index in [0.717, 1.165) is 0 Å². The molecule has 0 aromatic heterocycles. The summed E-state index contributed by atoms with van der Waals surface area (Å²) < 4.78 is 8.28. The van der Waals surface area contributed by atoms with Gasteiger partial charge in [-0.3, -0.25) is 0 Å². The maximum absolute atomic E-state index is 8.28. The van der Waals surface area contributed by atoms with Crippen molar-refractivity contribution in [3.05, 3.63) is 0 Å². The Hall–Kier alpha value is 2.97. The second kappa shape index (κ2) is 16.7. The fourth-order valence-electron chi connectivity index (χ4n) is 0. The summed E-state index contributed by atoms with van der Waals surface area (Å²) in [5.74, 6) is 0. The molecule has 0 aliphatic carbocycles. The van der Waals surface area contributed by atoms with Crippen LogP contribution < -0.4 is 0 Å². The summed E-state index contributed by atoms with van der Waals surface area (Å²) in [4.78, 5) is 0. The normalized spacial score (nSPS) is 0.750. The topological polar surface area (TPSA) is 17.1 Å². The molecule has 0 radical (unpaired) electrons. The molecule has 0 atom stereocenters. The molecule has 0 amide bonds. The molecule has 0 saturated heterocycles. The molecule has 0 aromatic carbocycles. The van der Waals surface area contributed by atoms with Crippen LogP contribution in [0.4, 0.5) is 0 Å². The van der Waals surface area contributed by atoms with E-state index in [1.807, 2.05) is 0 Å². The molecule has 0 aliphatic heterocycles. The van der Waals surface area contributed by atoms with Crippen LogP contribution in [0.3, 0.4) is 0 Å². The summed E-state index contributed by atoms with van der Waals surface area (Å²) in [7, 11) is 0. The van der Waals surface area contributed by atoms with E-state index in [9.17, 15) is 0 Å².